The number of piperazine rings is 1. The van der Waals surface area contributed by atoms with E-state index >= 15 is 0 Å². The van der Waals surface area contributed by atoms with Gasteiger partial charge in [0.15, 0.2) is 5.82 Å². The van der Waals surface area contributed by atoms with E-state index in [1.807, 2.05) is 6.07 Å². The molecule has 1 aromatic heterocycles. The Balaban J connectivity index is 1.32. The van der Waals surface area contributed by atoms with Crippen LogP contribution in [0, 0.1) is 0 Å². The quantitative estimate of drug-likeness (QED) is 0.857. The van der Waals surface area contributed by atoms with Gasteiger partial charge in [0.05, 0.1) is 15.7 Å². The van der Waals surface area contributed by atoms with Gasteiger partial charge in [-0.2, -0.15) is 5.10 Å². The fourth-order valence-electron chi connectivity index (χ4n) is 3.02. The SMILES string of the molecule is O=C(Nc1ccc(Cl)c(Cl)c1)N1CCN(c2ccc(C3CC3)nn2)CC1. The lowest BCUT2D eigenvalue weighted by Crippen LogP contribution is -2.50. The highest BCUT2D eigenvalue weighted by atomic mass is 35.5. The summed E-state index contributed by atoms with van der Waals surface area (Å²) >= 11 is 11.9. The summed E-state index contributed by atoms with van der Waals surface area (Å²) in [6, 6.07) is 9.02. The molecule has 0 atom stereocenters. The molecule has 1 aliphatic carbocycles. The van der Waals surface area contributed by atoms with Gasteiger partial charge >= 0.3 is 6.03 Å². The number of benzene rings is 1. The topological polar surface area (TPSA) is 61.4 Å². The van der Waals surface area contributed by atoms with E-state index in [0.717, 1.165) is 24.6 Å². The van der Waals surface area contributed by atoms with Crippen molar-refractivity contribution in [3.05, 3.63) is 46.1 Å². The number of carbonyl (C=O) groups excluding carboxylic acids is 1. The second-order valence-electron chi connectivity index (χ2n) is 6.62. The van der Waals surface area contributed by atoms with Gasteiger partial charge in [-0.3, -0.25) is 0 Å². The highest BCUT2D eigenvalue weighted by Gasteiger charge is 2.26. The van der Waals surface area contributed by atoms with Gasteiger partial charge in [0.25, 0.3) is 0 Å². The number of hydrogen-bond acceptors (Lipinski definition) is 4. The minimum atomic E-state index is -0.141. The molecule has 2 fully saturated rings. The number of rotatable bonds is 3. The molecule has 6 nitrogen and oxygen atoms in total. The third-order valence-corrected chi connectivity index (χ3v) is 5.47. The first kappa shape index (κ1) is 17.4. The molecule has 1 aliphatic heterocycles. The monoisotopic (exact) mass is 391 g/mol. The van der Waals surface area contributed by atoms with Gasteiger partial charge in [-0.15, -0.1) is 5.10 Å². The fourth-order valence-corrected chi connectivity index (χ4v) is 3.31. The second-order valence-corrected chi connectivity index (χ2v) is 7.44. The average Bonchev–Trinajstić information content (AvgIpc) is 3.50. The van der Waals surface area contributed by atoms with Crippen molar-refractivity contribution >= 4 is 40.7 Å². The van der Waals surface area contributed by atoms with E-state index in [9.17, 15) is 4.79 Å². The molecule has 1 saturated heterocycles. The summed E-state index contributed by atoms with van der Waals surface area (Å²) in [5.41, 5.74) is 1.72. The molecule has 1 saturated carbocycles. The first-order valence-electron chi connectivity index (χ1n) is 8.70. The molecule has 0 bridgehead atoms. The number of urea groups is 1. The van der Waals surface area contributed by atoms with E-state index in [2.05, 4.69) is 26.5 Å². The van der Waals surface area contributed by atoms with Gasteiger partial charge in [0.2, 0.25) is 0 Å². The van der Waals surface area contributed by atoms with Crippen LogP contribution < -0.4 is 10.2 Å². The summed E-state index contributed by atoms with van der Waals surface area (Å²) in [5.74, 6) is 1.48. The average molecular weight is 392 g/mol. The van der Waals surface area contributed by atoms with Gasteiger partial charge in [-0.05, 0) is 43.2 Å². The minimum Gasteiger partial charge on any atom is -0.352 e. The zero-order valence-corrected chi connectivity index (χ0v) is 15.7. The molecule has 0 unspecified atom stereocenters. The lowest BCUT2D eigenvalue weighted by Gasteiger charge is -2.35. The summed E-state index contributed by atoms with van der Waals surface area (Å²) in [6.45, 7) is 2.71. The summed E-state index contributed by atoms with van der Waals surface area (Å²) in [4.78, 5) is 16.4. The molecule has 1 aromatic carbocycles. The van der Waals surface area contributed by atoms with Crippen LogP contribution in [-0.4, -0.2) is 47.3 Å². The number of hydrogen-bond donors (Lipinski definition) is 1. The van der Waals surface area contributed by atoms with E-state index < -0.39 is 0 Å². The smallest absolute Gasteiger partial charge is 0.321 e. The van der Waals surface area contributed by atoms with Crippen LogP contribution in [0.4, 0.5) is 16.3 Å². The molecule has 2 amide bonds. The second kappa shape index (κ2) is 7.29. The number of anilines is 2. The van der Waals surface area contributed by atoms with Crippen LogP contribution in [0.1, 0.15) is 24.5 Å². The molecule has 1 N–H and O–H groups in total. The Bertz CT molecular complexity index is 802. The lowest BCUT2D eigenvalue weighted by atomic mass is 10.2. The third-order valence-electron chi connectivity index (χ3n) is 4.73. The van der Waals surface area contributed by atoms with Crippen LogP contribution in [0.15, 0.2) is 30.3 Å². The first-order valence-corrected chi connectivity index (χ1v) is 9.45. The number of aromatic nitrogens is 2. The molecule has 0 spiro atoms. The molecule has 26 heavy (non-hydrogen) atoms. The Kier molecular flexibility index (Phi) is 4.87. The predicted octanol–water partition coefficient (Wildman–Crippen LogP) is 4.01. The van der Waals surface area contributed by atoms with Gasteiger partial charge in [0.1, 0.15) is 0 Å². The Morgan fingerprint density at radius 2 is 1.77 bits per heavy atom. The largest absolute Gasteiger partial charge is 0.352 e. The van der Waals surface area contributed by atoms with Crippen molar-refractivity contribution in [3.8, 4) is 0 Å². The fraction of sp³-hybridized carbons (Fsp3) is 0.389. The van der Waals surface area contributed by atoms with E-state index in [-0.39, 0.29) is 6.03 Å². The summed E-state index contributed by atoms with van der Waals surface area (Å²) < 4.78 is 0. The minimum absolute atomic E-state index is 0.141. The molecular formula is C18H19Cl2N5O. The predicted molar refractivity (Wildman–Crippen MR) is 103 cm³/mol. The molecule has 0 radical (unpaired) electrons. The Hall–Kier alpha value is -2.05. The van der Waals surface area contributed by atoms with E-state index in [1.165, 1.54) is 12.8 Å². The molecule has 136 valence electrons. The van der Waals surface area contributed by atoms with Crippen molar-refractivity contribution in [2.75, 3.05) is 36.4 Å². The number of nitrogens with zero attached hydrogens (tertiary/aromatic N) is 4. The normalized spacial score (nSPS) is 17.3. The zero-order chi connectivity index (χ0) is 18.1. The molecular weight excluding hydrogens is 373 g/mol. The lowest BCUT2D eigenvalue weighted by molar-refractivity contribution is 0.208. The third kappa shape index (κ3) is 3.86. The molecule has 2 heterocycles. The van der Waals surface area contributed by atoms with Crippen molar-refractivity contribution < 1.29 is 4.79 Å². The highest BCUT2D eigenvalue weighted by molar-refractivity contribution is 6.42. The maximum atomic E-state index is 12.4. The number of halogens is 2. The number of nitrogens with one attached hydrogen (secondary N) is 1. The molecule has 4 rings (SSSR count). The van der Waals surface area contributed by atoms with Gasteiger partial charge < -0.3 is 15.1 Å². The van der Waals surface area contributed by atoms with Gasteiger partial charge in [-0.1, -0.05) is 23.2 Å². The summed E-state index contributed by atoms with van der Waals surface area (Å²) in [7, 11) is 0. The Morgan fingerprint density at radius 1 is 1.00 bits per heavy atom. The van der Waals surface area contributed by atoms with Crippen LogP contribution in [0.2, 0.25) is 10.0 Å². The van der Waals surface area contributed by atoms with E-state index in [4.69, 9.17) is 23.2 Å². The van der Waals surface area contributed by atoms with E-state index in [0.29, 0.717) is 34.7 Å². The van der Waals surface area contributed by atoms with Crippen molar-refractivity contribution in [2.45, 2.75) is 18.8 Å². The zero-order valence-electron chi connectivity index (χ0n) is 14.2. The van der Waals surface area contributed by atoms with Crippen LogP contribution in [0.5, 0.6) is 0 Å². The molecule has 8 heteroatoms. The number of amides is 2. The molecule has 2 aliphatic rings. The van der Waals surface area contributed by atoms with Crippen LogP contribution in [0.3, 0.4) is 0 Å². The van der Waals surface area contributed by atoms with Gasteiger partial charge in [-0.25, -0.2) is 4.79 Å². The standard InChI is InChI=1S/C18H19Cl2N5O/c19-14-4-3-13(11-15(14)20)21-18(26)25-9-7-24(8-10-25)17-6-5-16(22-23-17)12-1-2-12/h3-6,11-12H,1-2,7-10H2,(H,21,26). The van der Waals surface area contributed by atoms with Crippen LogP contribution >= 0.6 is 23.2 Å². The van der Waals surface area contributed by atoms with Crippen LogP contribution in [-0.2, 0) is 0 Å². The maximum absolute atomic E-state index is 12.4. The summed E-state index contributed by atoms with van der Waals surface area (Å²) in [5, 5.41) is 12.4. The number of carbonyl (C=O) groups is 1. The van der Waals surface area contributed by atoms with E-state index in [1.54, 1.807) is 23.1 Å². The van der Waals surface area contributed by atoms with Gasteiger partial charge in [0, 0.05) is 37.8 Å². The Labute approximate surface area is 162 Å². The van der Waals surface area contributed by atoms with Crippen molar-refractivity contribution in [1.82, 2.24) is 15.1 Å². The van der Waals surface area contributed by atoms with Crippen molar-refractivity contribution in [1.29, 1.82) is 0 Å². The highest BCUT2D eigenvalue weighted by Crippen LogP contribution is 2.38. The van der Waals surface area contributed by atoms with Crippen molar-refractivity contribution in [3.63, 3.8) is 0 Å². The maximum Gasteiger partial charge on any atom is 0.321 e. The molecule has 2 aromatic rings. The first-order chi connectivity index (χ1) is 12.6. The van der Waals surface area contributed by atoms with Crippen molar-refractivity contribution in [2.24, 2.45) is 0 Å². The Morgan fingerprint density at radius 3 is 2.38 bits per heavy atom. The van der Waals surface area contributed by atoms with Crippen LogP contribution in [0.25, 0.3) is 0 Å². The summed E-state index contributed by atoms with van der Waals surface area (Å²) in [6.07, 6.45) is 2.45.